The molecule has 0 N–H and O–H groups in total. The minimum atomic E-state index is 0.0467. The second-order valence-corrected chi connectivity index (χ2v) is 5.35. The number of benzene rings is 2. The fourth-order valence-corrected chi connectivity index (χ4v) is 2.69. The van der Waals surface area contributed by atoms with E-state index in [1.807, 2.05) is 0 Å². The van der Waals surface area contributed by atoms with Crippen LogP contribution in [0.25, 0.3) is 0 Å². The minimum absolute atomic E-state index is 0.0467. The molecule has 19 heavy (non-hydrogen) atoms. The van der Waals surface area contributed by atoms with Gasteiger partial charge in [-0.25, -0.2) is 0 Å². The van der Waals surface area contributed by atoms with E-state index in [2.05, 4.69) is 74.0 Å². The maximum Gasteiger partial charge on any atom is 0.0254 e. The molecule has 2 rings (SSSR count). The Bertz CT molecular complexity index is 436. The fourth-order valence-electron chi connectivity index (χ4n) is 2.54. The second-order valence-electron chi connectivity index (χ2n) is 5.05. The maximum absolute atomic E-state index is 5.77. The molecule has 0 saturated carbocycles. The maximum atomic E-state index is 5.77. The van der Waals surface area contributed by atoms with E-state index in [1.165, 1.54) is 11.1 Å². The zero-order valence-electron chi connectivity index (χ0n) is 11.4. The Labute approximate surface area is 121 Å². The van der Waals surface area contributed by atoms with Gasteiger partial charge in [-0.2, -0.15) is 0 Å². The molecule has 0 atom stereocenters. The van der Waals surface area contributed by atoms with Gasteiger partial charge in [-0.05, 0) is 30.4 Å². The monoisotopic (exact) mass is 271 g/mol. The van der Waals surface area contributed by atoms with Crippen molar-refractivity contribution in [3.8, 4) is 0 Å². The van der Waals surface area contributed by atoms with Gasteiger partial charge in [0.1, 0.15) is 0 Å². The van der Waals surface area contributed by atoms with Crippen molar-refractivity contribution < 1.29 is 0 Å². The van der Waals surface area contributed by atoms with Crippen molar-refractivity contribution in [2.24, 2.45) is 0 Å². The summed E-state index contributed by atoms with van der Waals surface area (Å²) < 4.78 is 0. The van der Waals surface area contributed by atoms with Crippen LogP contribution in [0, 0.1) is 6.42 Å². The van der Waals surface area contributed by atoms with Crippen molar-refractivity contribution in [1.82, 2.24) is 0 Å². The van der Waals surface area contributed by atoms with Crippen LogP contribution in [0.4, 0.5) is 0 Å². The van der Waals surface area contributed by atoms with Gasteiger partial charge in [0.05, 0.1) is 0 Å². The van der Waals surface area contributed by atoms with Crippen LogP contribution in [-0.4, -0.2) is 5.88 Å². The third kappa shape index (κ3) is 3.39. The smallest absolute Gasteiger partial charge is 0.0254 e. The van der Waals surface area contributed by atoms with E-state index >= 15 is 0 Å². The first-order chi connectivity index (χ1) is 9.27. The molecule has 0 aliphatic rings. The standard InChI is InChI=1S/C18H20Cl/c1-18(14-8-9-15-19,16-10-4-2-5-11-16)17-12-6-3-7-13-17/h2-7,9-13H,8,14-15H2,1H3. The third-order valence-electron chi connectivity index (χ3n) is 3.78. The zero-order chi connectivity index (χ0) is 13.6. The van der Waals surface area contributed by atoms with E-state index in [4.69, 9.17) is 11.6 Å². The summed E-state index contributed by atoms with van der Waals surface area (Å²) in [6.45, 7) is 2.32. The first-order valence-electron chi connectivity index (χ1n) is 6.76. The molecule has 0 nitrogen and oxygen atoms in total. The Balaban J connectivity index is 2.33. The number of hydrogen-bond acceptors (Lipinski definition) is 0. The number of alkyl halides is 1. The Morgan fingerprint density at radius 1 is 0.895 bits per heavy atom. The van der Waals surface area contributed by atoms with Gasteiger partial charge in [0.25, 0.3) is 0 Å². The van der Waals surface area contributed by atoms with Crippen molar-refractivity contribution in [2.45, 2.75) is 25.2 Å². The molecule has 2 aromatic rings. The predicted octanol–water partition coefficient (Wildman–Crippen LogP) is 5.22. The second kappa shape index (κ2) is 6.77. The lowest BCUT2D eigenvalue weighted by atomic mass is 9.73. The Hall–Kier alpha value is -1.27. The summed E-state index contributed by atoms with van der Waals surface area (Å²) in [5.74, 6) is 0.625. The first-order valence-corrected chi connectivity index (χ1v) is 7.29. The number of unbranched alkanes of at least 4 members (excludes halogenated alkanes) is 1. The summed E-state index contributed by atoms with van der Waals surface area (Å²) in [7, 11) is 0. The van der Waals surface area contributed by atoms with Gasteiger partial charge in [-0.1, -0.05) is 67.6 Å². The third-order valence-corrected chi connectivity index (χ3v) is 4.00. The fraction of sp³-hybridized carbons (Fsp3) is 0.278. The van der Waals surface area contributed by atoms with E-state index in [1.54, 1.807) is 0 Å². The highest BCUT2D eigenvalue weighted by Gasteiger charge is 2.27. The van der Waals surface area contributed by atoms with Crippen LogP contribution in [-0.2, 0) is 5.41 Å². The number of hydrogen-bond donors (Lipinski definition) is 0. The predicted molar refractivity (Wildman–Crippen MR) is 83.6 cm³/mol. The minimum Gasteiger partial charge on any atom is -0.126 e. The zero-order valence-corrected chi connectivity index (χ0v) is 12.1. The summed E-state index contributed by atoms with van der Waals surface area (Å²) in [6.07, 6.45) is 4.25. The molecule has 0 spiro atoms. The SMILES string of the molecule is CC(CC[CH]CCl)(c1ccccc1)c1ccccc1. The summed E-state index contributed by atoms with van der Waals surface area (Å²) in [5, 5.41) is 0. The Morgan fingerprint density at radius 2 is 1.37 bits per heavy atom. The van der Waals surface area contributed by atoms with E-state index < -0.39 is 0 Å². The molecule has 0 bridgehead atoms. The van der Waals surface area contributed by atoms with Gasteiger partial charge in [0, 0.05) is 11.3 Å². The Kier molecular flexibility index (Phi) is 5.04. The van der Waals surface area contributed by atoms with Gasteiger partial charge in [0.15, 0.2) is 0 Å². The van der Waals surface area contributed by atoms with Gasteiger partial charge >= 0.3 is 0 Å². The molecule has 0 unspecified atom stereocenters. The van der Waals surface area contributed by atoms with E-state index in [0.717, 1.165) is 12.8 Å². The van der Waals surface area contributed by atoms with E-state index in [-0.39, 0.29) is 5.41 Å². The van der Waals surface area contributed by atoms with Crippen molar-refractivity contribution in [3.05, 3.63) is 78.2 Å². The van der Waals surface area contributed by atoms with Gasteiger partial charge < -0.3 is 0 Å². The van der Waals surface area contributed by atoms with Crippen LogP contribution >= 0.6 is 11.6 Å². The lowest BCUT2D eigenvalue weighted by Gasteiger charge is -2.31. The summed E-state index contributed by atoms with van der Waals surface area (Å²) in [5.41, 5.74) is 2.78. The molecule has 99 valence electrons. The average Bonchev–Trinajstić information content (AvgIpc) is 2.49. The molecule has 0 saturated heterocycles. The highest BCUT2D eigenvalue weighted by molar-refractivity contribution is 6.18. The van der Waals surface area contributed by atoms with Crippen LogP contribution in [0.15, 0.2) is 60.7 Å². The molecular weight excluding hydrogens is 252 g/mol. The molecule has 0 aliphatic heterocycles. The largest absolute Gasteiger partial charge is 0.126 e. The number of halogens is 1. The molecular formula is C18H20Cl. The average molecular weight is 272 g/mol. The van der Waals surface area contributed by atoms with E-state index in [0.29, 0.717) is 5.88 Å². The molecule has 0 amide bonds. The summed E-state index contributed by atoms with van der Waals surface area (Å²) in [4.78, 5) is 0. The molecule has 0 aliphatic carbocycles. The molecule has 2 aromatic carbocycles. The molecule has 1 heteroatoms. The van der Waals surface area contributed by atoms with Crippen LogP contribution in [0.5, 0.6) is 0 Å². The molecule has 0 aromatic heterocycles. The lowest BCUT2D eigenvalue weighted by molar-refractivity contribution is 0.517. The molecule has 0 heterocycles. The summed E-state index contributed by atoms with van der Waals surface area (Å²) in [6, 6.07) is 21.5. The van der Waals surface area contributed by atoms with Crippen LogP contribution in [0.2, 0.25) is 0 Å². The van der Waals surface area contributed by atoms with Crippen molar-refractivity contribution in [2.75, 3.05) is 5.88 Å². The topological polar surface area (TPSA) is 0 Å². The highest BCUT2D eigenvalue weighted by Crippen LogP contribution is 2.36. The van der Waals surface area contributed by atoms with Gasteiger partial charge in [0.2, 0.25) is 0 Å². The van der Waals surface area contributed by atoms with Gasteiger partial charge in [-0.3, -0.25) is 0 Å². The lowest BCUT2D eigenvalue weighted by Crippen LogP contribution is -2.23. The highest BCUT2D eigenvalue weighted by atomic mass is 35.5. The van der Waals surface area contributed by atoms with Gasteiger partial charge in [-0.15, -0.1) is 11.6 Å². The number of rotatable bonds is 6. The van der Waals surface area contributed by atoms with Crippen molar-refractivity contribution in [3.63, 3.8) is 0 Å². The molecule has 0 fully saturated rings. The van der Waals surface area contributed by atoms with Crippen molar-refractivity contribution >= 4 is 11.6 Å². The van der Waals surface area contributed by atoms with Crippen molar-refractivity contribution in [1.29, 1.82) is 0 Å². The quantitative estimate of drug-likeness (QED) is 0.499. The first kappa shape index (κ1) is 14.1. The summed E-state index contributed by atoms with van der Waals surface area (Å²) >= 11 is 5.77. The van der Waals surface area contributed by atoms with Crippen LogP contribution in [0.1, 0.15) is 30.9 Å². The Morgan fingerprint density at radius 3 is 1.79 bits per heavy atom. The van der Waals surface area contributed by atoms with E-state index in [9.17, 15) is 0 Å². The van der Waals surface area contributed by atoms with Crippen LogP contribution in [0.3, 0.4) is 0 Å². The molecule has 1 radical (unpaired) electrons. The normalized spacial score (nSPS) is 11.5. The van der Waals surface area contributed by atoms with Crippen LogP contribution < -0.4 is 0 Å².